The van der Waals surface area contributed by atoms with Gasteiger partial charge in [-0.2, -0.15) is 4.98 Å². The van der Waals surface area contributed by atoms with E-state index < -0.39 is 0 Å². The second-order valence-electron chi connectivity index (χ2n) is 8.24. The molecule has 0 N–H and O–H groups in total. The second-order valence-corrected chi connectivity index (χ2v) is 8.24. The number of para-hydroxylation sites is 1. The summed E-state index contributed by atoms with van der Waals surface area (Å²) < 4.78 is 11.2. The molecule has 1 aliphatic rings. The highest BCUT2D eigenvalue weighted by atomic mass is 16.5. The van der Waals surface area contributed by atoms with E-state index in [9.17, 15) is 0 Å². The highest BCUT2D eigenvalue weighted by molar-refractivity contribution is 5.32. The molecule has 6 heteroatoms. The lowest BCUT2D eigenvalue weighted by atomic mass is 9.96. The van der Waals surface area contributed by atoms with Gasteiger partial charge in [0, 0.05) is 26.2 Å². The minimum Gasteiger partial charge on any atom is -0.485 e. The smallest absolute Gasteiger partial charge is 0.240 e. The van der Waals surface area contributed by atoms with E-state index in [0.29, 0.717) is 24.9 Å². The molecule has 0 atom stereocenters. The van der Waals surface area contributed by atoms with E-state index >= 15 is 0 Å². The number of aromatic nitrogens is 2. The monoisotopic (exact) mass is 440 g/mol. The summed E-state index contributed by atoms with van der Waals surface area (Å²) in [6.45, 7) is 4.83. The van der Waals surface area contributed by atoms with Crippen LogP contribution in [0.2, 0.25) is 0 Å². The van der Waals surface area contributed by atoms with E-state index in [2.05, 4.69) is 80.6 Å². The van der Waals surface area contributed by atoms with Gasteiger partial charge in [-0.15, -0.1) is 0 Å². The summed E-state index contributed by atoms with van der Waals surface area (Å²) in [7, 11) is 0. The van der Waals surface area contributed by atoms with Crippen molar-refractivity contribution >= 4 is 0 Å². The Hall–Kier alpha value is -3.48. The van der Waals surface area contributed by atoms with Crippen LogP contribution in [0, 0.1) is 0 Å². The predicted molar refractivity (Wildman–Crippen MR) is 127 cm³/mol. The van der Waals surface area contributed by atoms with Gasteiger partial charge < -0.3 is 9.26 Å². The second kappa shape index (κ2) is 10.4. The van der Waals surface area contributed by atoms with Crippen LogP contribution in [0.4, 0.5) is 0 Å². The van der Waals surface area contributed by atoms with Gasteiger partial charge in [0.25, 0.3) is 0 Å². The van der Waals surface area contributed by atoms with Gasteiger partial charge >= 0.3 is 0 Å². The molecule has 168 valence electrons. The van der Waals surface area contributed by atoms with Crippen molar-refractivity contribution in [2.24, 2.45) is 0 Å². The Morgan fingerprint density at radius 3 is 1.94 bits per heavy atom. The number of nitrogens with zero attached hydrogens (tertiary/aromatic N) is 4. The molecule has 33 heavy (non-hydrogen) atoms. The molecule has 6 nitrogen and oxygen atoms in total. The minimum absolute atomic E-state index is 0.264. The van der Waals surface area contributed by atoms with Gasteiger partial charge in [-0.25, -0.2) is 0 Å². The Bertz CT molecular complexity index is 1070. The van der Waals surface area contributed by atoms with Crippen LogP contribution in [0.1, 0.15) is 28.9 Å². The average Bonchev–Trinajstić information content (AvgIpc) is 3.33. The number of ether oxygens (including phenoxy) is 1. The molecule has 0 radical (unpaired) electrons. The van der Waals surface area contributed by atoms with Crippen LogP contribution in [0.5, 0.6) is 5.75 Å². The molecular weight excluding hydrogens is 412 g/mol. The number of rotatable bonds is 8. The normalized spacial score (nSPS) is 15.1. The van der Waals surface area contributed by atoms with Crippen molar-refractivity contribution < 1.29 is 9.26 Å². The third-order valence-electron chi connectivity index (χ3n) is 5.98. The highest BCUT2D eigenvalue weighted by Crippen LogP contribution is 2.29. The molecule has 3 aromatic carbocycles. The lowest BCUT2D eigenvalue weighted by Crippen LogP contribution is -2.47. The standard InChI is InChI=1S/C27H28N4O2/c1-4-10-22(11-5-1)27(23-12-6-2-7-13-23)31-18-16-30(17-19-31)20-26-28-25(29-33-26)21-32-24-14-8-3-9-15-24/h1-15,27H,16-21H2. The maximum absolute atomic E-state index is 5.71. The first-order chi connectivity index (χ1) is 16.3. The summed E-state index contributed by atoms with van der Waals surface area (Å²) in [5.41, 5.74) is 2.66. The number of benzene rings is 3. The first kappa shape index (κ1) is 21.4. The Morgan fingerprint density at radius 2 is 1.33 bits per heavy atom. The summed E-state index contributed by atoms with van der Waals surface area (Å²) in [5, 5.41) is 4.07. The van der Waals surface area contributed by atoms with Gasteiger partial charge in [0.1, 0.15) is 5.75 Å². The van der Waals surface area contributed by atoms with Crippen LogP contribution in [0.15, 0.2) is 95.5 Å². The van der Waals surface area contributed by atoms with Crippen LogP contribution >= 0.6 is 0 Å². The minimum atomic E-state index is 0.264. The van der Waals surface area contributed by atoms with Gasteiger partial charge in [-0.3, -0.25) is 9.80 Å². The molecular formula is C27H28N4O2. The summed E-state index contributed by atoms with van der Waals surface area (Å²) in [6, 6.07) is 31.5. The zero-order chi connectivity index (χ0) is 22.3. The molecule has 1 aliphatic heterocycles. The van der Waals surface area contributed by atoms with Crippen molar-refractivity contribution in [1.82, 2.24) is 19.9 Å². The van der Waals surface area contributed by atoms with Gasteiger partial charge in [-0.1, -0.05) is 84.0 Å². The molecule has 0 aliphatic carbocycles. The predicted octanol–water partition coefficient (Wildman–Crippen LogP) is 4.56. The van der Waals surface area contributed by atoms with Gasteiger partial charge in [-0.05, 0) is 23.3 Å². The van der Waals surface area contributed by atoms with Crippen molar-refractivity contribution in [2.45, 2.75) is 19.2 Å². The van der Waals surface area contributed by atoms with E-state index in [1.165, 1.54) is 11.1 Å². The molecule has 2 heterocycles. The third-order valence-corrected chi connectivity index (χ3v) is 5.98. The molecule has 1 saturated heterocycles. The van der Waals surface area contributed by atoms with Gasteiger partial charge in [0.05, 0.1) is 12.6 Å². The summed E-state index contributed by atoms with van der Waals surface area (Å²) >= 11 is 0. The lowest BCUT2D eigenvalue weighted by molar-refractivity contribution is 0.0966. The fourth-order valence-corrected chi connectivity index (χ4v) is 4.33. The molecule has 0 bridgehead atoms. The van der Waals surface area contributed by atoms with Crippen LogP contribution in [-0.2, 0) is 13.2 Å². The zero-order valence-electron chi connectivity index (χ0n) is 18.6. The van der Waals surface area contributed by atoms with E-state index in [1.807, 2.05) is 30.3 Å². The fraction of sp³-hybridized carbons (Fsp3) is 0.259. The van der Waals surface area contributed by atoms with Crippen molar-refractivity contribution in [1.29, 1.82) is 0 Å². The van der Waals surface area contributed by atoms with Crippen molar-refractivity contribution in [3.63, 3.8) is 0 Å². The number of hydrogen-bond acceptors (Lipinski definition) is 6. The fourth-order valence-electron chi connectivity index (χ4n) is 4.33. The van der Waals surface area contributed by atoms with E-state index in [0.717, 1.165) is 31.9 Å². The highest BCUT2D eigenvalue weighted by Gasteiger charge is 2.27. The van der Waals surface area contributed by atoms with Crippen molar-refractivity contribution in [2.75, 3.05) is 26.2 Å². The van der Waals surface area contributed by atoms with Crippen LogP contribution in [-0.4, -0.2) is 46.1 Å². The first-order valence-corrected chi connectivity index (χ1v) is 11.4. The van der Waals surface area contributed by atoms with Crippen LogP contribution in [0.25, 0.3) is 0 Å². The zero-order valence-corrected chi connectivity index (χ0v) is 18.6. The lowest BCUT2D eigenvalue weighted by Gasteiger charge is -2.39. The van der Waals surface area contributed by atoms with Crippen LogP contribution in [0.3, 0.4) is 0 Å². The van der Waals surface area contributed by atoms with Gasteiger partial charge in [0.2, 0.25) is 11.7 Å². The quantitative estimate of drug-likeness (QED) is 0.401. The summed E-state index contributed by atoms with van der Waals surface area (Å²) in [5.74, 6) is 2.00. The van der Waals surface area contributed by atoms with Crippen LogP contribution < -0.4 is 4.74 Å². The first-order valence-electron chi connectivity index (χ1n) is 11.4. The number of hydrogen-bond donors (Lipinski definition) is 0. The molecule has 4 aromatic rings. The molecule has 0 saturated carbocycles. The Balaban J connectivity index is 1.18. The van der Waals surface area contributed by atoms with Gasteiger partial charge in [0.15, 0.2) is 6.61 Å². The van der Waals surface area contributed by atoms with E-state index in [4.69, 9.17) is 9.26 Å². The average molecular weight is 441 g/mol. The Labute approximate surface area is 194 Å². The summed E-state index contributed by atoms with van der Waals surface area (Å²) in [6.07, 6.45) is 0. The van der Waals surface area contributed by atoms with Crippen molar-refractivity contribution in [3.8, 4) is 5.75 Å². The number of piperazine rings is 1. The molecule has 0 amide bonds. The Kier molecular flexibility index (Phi) is 6.75. The third kappa shape index (κ3) is 5.48. The molecule has 0 spiro atoms. The molecule has 0 unspecified atom stereocenters. The summed E-state index contributed by atoms with van der Waals surface area (Å²) in [4.78, 5) is 9.45. The van der Waals surface area contributed by atoms with Crippen molar-refractivity contribution in [3.05, 3.63) is 114 Å². The Morgan fingerprint density at radius 1 is 0.758 bits per heavy atom. The maximum atomic E-state index is 5.71. The molecule has 1 aromatic heterocycles. The maximum Gasteiger partial charge on any atom is 0.240 e. The molecule has 5 rings (SSSR count). The topological polar surface area (TPSA) is 54.6 Å². The van der Waals surface area contributed by atoms with E-state index in [1.54, 1.807) is 0 Å². The largest absolute Gasteiger partial charge is 0.485 e. The van der Waals surface area contributed by atoms with E-state index in [-0.39, 0.29) is 6.04 Å². The SMILES string of the molecule is c1ccc(OCc2noc(CN3CCN(C(c4ccccc4)c4ccccc4)CC3)n2)cc1. The molecule has 1 fully saturated rings.